The van der Waals surface area contributed by atoms with Crippen LogP contribution < -0.4 is 5.73 Å². The average molecular weight is 254 g/mol. The fourth-order valence-corrected chi connectivity index (χ4v) is 3.21. The van der Waals surface area contributed by atoms with Crippen LogP contribution >= 0.6 is 0 Å². The van der Waals surface area contributed by atoms with E-state index in [1.165, 1.54) is 7.11 Å². The Balaban J connectivity index is 2.81. The Morgan fingerprint density at radius 1 is 1.62 bits per heavy atom. The highest BCUT2D eigenvalue weighted by Crippen LogP contribution is 2.23. The first-order valence-electron chi connectivity index (χ1n) is 4.80. The molecule has 0 saturated carbocycles. The van der Waals surface area contributed by atoms with Crippen molar-refractivity contribution in [3.8, 4) is 0 Å². The molecule has 0 aromatic rings. The predicted octanol–water partition coefficient (Wildman–Crippen LogP) is -1.14. The van der Waals surface area contributed by atoms with Crippen molar-refractivity contribution >= 4 is 15.9 Å². The van der Waals surface area contributed by atoms with Gasteiger partial charge in [0, 0.05) is 20.1 Å². The zero-order chi connectivity index (χ0) is 12.3. The number of hydrogen-bond acceptors (Lipinski definition) is 4. The predicted molar refractivity (Wildman–Crippen MR) is 54.9 cm³/mol. The number of nitrogens with two attached hydrogens (primary N) is 1. The third kappa shape index (κ3) is 2.89. The number of amides is 1. The summed E-state index contributed by atoms with van der Waals surface area (Å²) >= 11 is 0. The van der Waals surface area contributed by atoms with Crippen LogP contribution in [0.15, 0.2) is 0 Å². The van der Waals surface area contributed by atoms with Crippen molar-refractivity contribution < 1.29 is 22.3 Å². The molecule has 1 fully saturated rings. The largest absolute Gasteiger partial charge is 0.384 e. The number of rotatable bonds is 5. The SMILES string of the molecule is COCCS(=O)(=O)N1C[C@H](F)C[C@H]1C(N)=O. The van der Waals surface area contributed by atoms with E-state index < -0.39 is 28.1 Å². The van der Waals surface area contributed by atoms with Crippen LogP contribution in [-0.2, 0) is 19.6 Å². The van der Waals surface area contributed by atoms with E-state index in [2.05, 4.69) is 4.74 Å². The maximum Gasteiger partial charge on any atom is 0.235 e. The number of carbonyl (C=O) groups is 1. The van der Waals surface area contributed by atoms with Gasteiger partial charge in [0.25, 0.3) is 0 Å². The van der Waals surface area contributed by atoms with E-state index in [4.69, 9.17) is 5.73 Å². The Hall–Kier alpha value is -0.730. The maximum atomic E-state index is 13.1. The third-order valence-corrected chi connectivity index (χ3v) is 4.24. The van der Waals surface area contributed by atoms with Crippen molar-refractivity contribution in [2.24, 2.45) is 5.73 Å². The molecule has 8 heteroatoms. The standard InChI is InChI=1S/C8H15FN2O4S/c1-15-2-3-16(13,14)11-5-6(9)4-7(11)8(10)12/h6-7H,2-5H2,1H3,(H2,10,12)/t6-,7+/m1/s1. The number of primary amides is 1. The molecular formula is C8H15FN2O4S. The van der Waals surface area contributed by atoms with Gasteiger partial charge in [0.1, 0.15) is 12.2 Å². The quantitative estimate of drug-likeness (QED) is 0.671. The van der Waals surface area contributed by atoms with E-state index in [1.54, 1.807) is 0 Å². The summed E-state index contributed by atoms with van der Waals surface area (Å²) in [6.45, 7) is -0.305. The van der Waals surface area contributed by atoms with Gasteiger partial charge in [-0.25, -0.2) is 12.8 Å². The van der Waals surface area contributed by atoms with Gasteiger partial charge in [-0.1, -0.05) is 0 Å². The van der Waals surface area contributed by atoms with Gasteiger partial charge >= 0.3 is 0 Å². The molecule has 94 valence electrons. The molecular weight excluding hydrogens is 239 g/mol. The molecule has 1 saturated heterocycles. The Kier molecular flexibility index (Phi) is 4.22. The van der Waals surface area contributed by atoms with Gasteiger partial charge in [-0.15, -0.1) is 0 Å². The summed E-state index contributed by atoms with van der Waals surface area (Å²) in [5.74, 6) is -1.10. The lowest BCUT2D eigenvalue weighted by atomic mass is 10.2. The lowest BCUT2D eigenvalue weighted by Gasteiger charge is -2.20. The number of sulfonamides is 1. The highest BCUT2D eigenvalue weighted by atomic mass is 32.2. The van der Waals surface area contributed by atoms with Gasteiger partial charge in [-0.2, -0.15) is 4.31 Å². The zero-order valence-electron chi connectivity index (χ0n) is 8.93. The molecule has 2 N–H and O–H groups in total. The van der Waals surface area contributed by atoms with Gasteiger partial charge in [0.2, 0.25) is 15.9 Å². The second-order valence-corrected chi connectivity index (χ2v) is 5.67. The fraction of sp³-hybridized carbons (Fsp3) is 0.875. The van der Waals surface area contributed by atoms with E-state index in [0.717, 1.165) is 4.31 Å². The van der Waals surface area contributed by atoms with Crippen LogP contribution in [0.1, 0.15) is 6.42 Å². The van der Waals surface area contributed by atoms with Crippen LogP contribution in [0.5, 0.6) is 0 Å². The molecule has 1 amide bonds. The van der Waals surface area contributed by atoms with Gasteiger partial charge in [0.05, 0.1) is 12.4 Å². The Morgan fingerprint density at radius 2 is 2.25 bits per heavy atom. The molecule has 0 bridgehead atoms. The van der Waals surface area contributed by atoms with Crippen LogP contribution in [0.25, 0.3) is 0 Å². The first-order valence-corrected chi connectivity index (χ1v) is 6.41. The summed E-state index contributed by atoms with van der Waals surface area (Å²) in [7, 11) is -2.32. The summed E-state index contributed by atoms with van der Waals surface area (Å²) < 4.78 is 42.0. The molecule has 1 aliphatic heterocycles. The van der Waals surface area contributed by atoms with Crippen molar-refractivity contribution in [1.29, 1.82) is 0 Å². The summed E-state index contributed by atoms with van der Waals surface area (Å²) in [6, 6.07) is -1.07. The second-order valence-electron chi connectivity index (χ2n) is 3.63. The smallest absolute Gasteiger partial charge is 0.235 e. The molecule has 0 unspecified atom stereocenters. The number of halogens is 1. The summed E-state index contributed by atoms with van der Waals surface area (Å²) in [4.78, 5) is 11.0. The molecule has 6 nitrogen and oxygen atoms in total. The summed E-state index contributed by atoms with van der Waals surface area (Å²) in [5.41, 5.74) is 5.03. The molecule has 16 heavy (non-hydrogen) atoms. The number of alkyl halides is 1. The highest BCUT2D eigenvalue weighted by Gasteiger charge is 2.42. The molecule has 2 atom stereocenters. The van der Waals surface area contributed by atoms with E-state index in [0.29, 0.717) is 0 Å². The number of hydrogen-bond donors (Lipinski definition) is 1. The molecule has 0 aliphatic carbocycles. The summed E-state index contributed by atoms with van der Waals surface area (Å²) in [5, 5.41) is 0. The fourth-order valence-electron chi connectivity index (χ4n) is 1.63. The minimum atomic E-state index is -3.68. The number of nitrogens with zero attached hydrogens (tertiary/aromatic N) is 1. The normalized spacial score (nSPS) is 27.1. The first kappa shape index (κ1) is 13.3. The molecule has 0 spiro atoms. The Bertz CT molecular complexity index is 359. The molecule has 1 aliphatic rings. The zero-order valence-corrected chi connectivity index (χ0v) is 9.74. The van der Waals surface area contributed by atoms with E-state index in [1.807, 2.05) is 0 Å². The van der Waals surface area contributed by atoms with Crippen LogP contribution in [0.4, 0.5) is 4.39 Å². The first-order chi connectivity index (χ1) is 7.38. The number of methoxy groups -OCH3 is 1. The van der Waals surface area contributed by atoms with Crippen molar-refractivity contribution in [2.45, 2.75) is 18.6 Å². The molecule has 0 radical (unpaired) electrons. The minimum Gasteiger partial charge on any atom is -0.384 e. The molecule has 1 heterocycles. The topological polar surface area (TPSA) is 89.7 Å². The minimum absolute atomic E-state index is 0.00126. The van der Waals surface area contributed by atoms with Gasteiger partial charge in [-0.3, -0.25) is 4.79 Å². The van der Waals surface area contributed by atoms with E-state index in [-0.39, 0.29) is 25.3 Å². The average Bonchev–Trinajstić information content (AvgIpc) is 2.58. The molecule has 0 aromatic carbocycles. The lowest BCUT2D eigenvalue weighted by Crippen LogP contribution is -2.45. The van der Waals surface area contributed by atoms with Crippen LogP contribution in [0, 0.1) is 0 Å². The molecule has 1 rings (SSSR count). The van der Waals surface area contributed by atoms with Gasteiger partial charge in [-0.05, 0) is 0 Å². The monoisotopic (exact) mass is 254 g/mol. The van der Waals surface area contributed by atoms with Crippen molar-refractivity contribution in [3.63, 3.8) is 0 Å². The summed E-state index contributed by atoms with van der Waals surface area (Å²) in [6.07, 6.45) is -1.50. The Labute approximate surface area is 93.6 Å². The highest BCUT2D eigenvalue weighted by molar-refractivity contribution is 7.89. The van der Waals surface area contributed by atoms with Crippen LogP contribution in [0.3, 0.4) is 0 Å². The number of ether oxygens (including phenoxy) is 1. The molecule has 0 aromatic heterocycles. The van der Waals surface area contributed by atoms with E-state index in [9.17, 15) is 17.6 Å². The van der Waals surface area contributed by atoms with E-state index >= 15 is 0 Å². The second kappa shape index (κ2) is 5.07. The lowest BCUT2D eigenvalue weighted by molar-refractivity contribution is -0.121. The van der Waals surface area contributed by atoms with Crippen molar-refractivity contribution in [2.75, 3.05) is 26.0 Å². The van der Waals surface area contributed by atoms with Gasteiger partial charge in [0.15, 0.2) is 0 Å². The van der Waals surface area contributed by atoms with Crippen molar-refractivity contribution in [3.05, 3.63) is 0 Å². The van der Waals surface area contributed by atoms with Crippen molar-refractivity contribution in [1.82, 2.24) is 4.31 Å². The Morgan fingerprint density at radius 3 is 2.75 bits per heavy atom. The van der Waals surface area contributed by atoms with Crippen LogP contribution in [0.2, 0.25) is 0 Å². The van der Waals surface area contributed by atoms with Gasteiger partial charge < -0.3 is 10.5 Å². The van der Waals surface area contributed by atoms with Crippen LogP contribution in [-0.4, -0.2) is 56.9 Å². The maximum absolute atomic E-state index is 13.1. The third-order valence-electron chi connectivity index (χ3n) is 2.44. The number of carbonyl (C=O) groups excluding carboxylic acids is 1.